The number of methoxy groups -OCH3 is 1. The summed E-state index contributed by atoms with van der Waals surface area (Å²) in [5, 5.41) is 2.99. The Morgan fingerprint density at radius 3 is 2.41 bits per heavy atom. The first-order valence-corrected chi connectivity index (χ1v) is 12.7. The fraction of sp³-hybridized carbons (Fsp3) is 0.188. The molecule has 1 unspecified atom stereocenters. The highest BCUT2D eigenvalue weighted by molar-refractivity contribution is 5.98. The predicted octanol–water partition coefficient (Wildman–Crippen LogP) is 5.68. The molecule has 1 N–H and O–H groups in total. The molecule has 0 radical (unpaired) electrons. The zero-order valence-electron chi connectivity index (χ0n) is 21.9. The van der Waals surface area contributed by atoms with Crippen LogP contribution in [-0.4, -0.2) is 30.6 Å². The predicted molar refractivity (Wildman–Crippen MR) is 149 cm³/mol. The first-order chi connectivity index (χ1) is 19.0. The summed E-state index contributed by atoms with van der Waals surface area (Å²) in [6, 6.07) is 29.1. The van der Waals surface area contributed by atoms with Crippen molar-refractivity contribution in [2.75, 3.05) is 19.2 Å². The van der Waals surface area contributed by atoms with Crippen molar-refractivity contribution in [2.24, 2.45) is 0 Å². The number of hydrogen-bond donors (Lipinski definition) is 1. The Hall–Kier alpha value is -4.78. The van der Waals surface area contributed by atoms with Gasteiger partial charge in [-0.3, -0.25) is 9.59 Å². The Balaban J connectivity index is 1.53. The zero-order chi connectivity index (χ0) is 27.2. The van der Waals surface area contributed by atoms with Crippen molar-refractivity contribution in [3.05, 3.63) is 119 Å². The molecule has 1 heterocycles. The molecule has 0 fully saturated rings. The van der Waals surface area contributed by atoms with E-state index in [0.717, 1.165) is 16.7 Å². The summed E-state index contributed by atoms with van der Waals surface area (Å²) >= 11 is 0. The monoisotopic (exact) mass is 522 g/mol. The van der Waals surface area contributed by atoms with Crippen LogP contribution in [0.3, 0.4) is 0 Å². The lowest BCUT2D eigenvalue weighted by Crippen LogP contribution is -2.41. The summed E-state index contributed by atoms with van der Waals surface area (Å²) < 4.78 is 16.3. The second-order valence-electron chi connectivity index (χ2n) is 9.41. The maximum Gasteiger partial charge on any atom is 0.251 e. The highest BCUT2D eigenvalue weighted by atomic mass is 16.7. The fourth-order valence-corrected chi connectivity index (χ4v) is 4.56. The molecule has 0 bridgehead atoms. The molecule has 7 nitrogen and oxygen atoms in total. The molecule has 1 atom stereocenters. The van der Waals surface area contributed by atoms with E-state index in [1.54, 1.807) is 36.3 Å². The fourth-order valence-electron chi connectivity index (χ4n) is 4.56. The number of carbonyl (C=O) groups excluding carboxylic acids is 2. The molecule has 0 aliphatic carbocycles. The van der Waals surface area contributed by atoms with Crippen LogP contribution in [0.4, 0.5) is 5.69 Å². The maximum absolute atomic E-state index is 14.0. The molecule has 0 aromatic heterocycles. The molecule has 1 aliphatic rings. The molecule has 5 rings (SSSR count). The van der Waals surface area contributed by atoms with Gasteiger partial charge < -0.3 is 24.4 Å². The smallest absolute Gasteiger partial charge is 0.251 e. The van der Waals surface area contributed by atoms with Crippen molar-refractivity contribution >= 4 is 17.5 Å². The van der Waals surface area contributed by atoms with Crippen molar-refractivity contribution in [1.82, 2.24) is 4.90 Å². The first kappa shape index (κ1) is 25.9. The molecule has 0 saturated carbocycles. The lowest BCUT2D eigenvalue weighted by atomic mass is 10.0. The molecule has 4 aromatic carbocycles. The minimum atomic E-state index is -0.928. The summed E-state index contributed by atoms with van der Waals surface area (Å²) in [4.78, 5) is 29.6. The van der Waals surface area contributed by atoms with E-state index in [1.165, 1.54) is 0 Å². The van der Waals surface area contributed by atoms with E-state index >= 15 is 0 Å². The van der Waals surface area contributed by atoms with Gasteiger partial charge in [0.2, 0.25) is 12.7 Å². The maximum atomic E-state index is 14.0. The van der Waals surface area contributed by atoms with Gasteiger partial charge in [-0.1, -0.05) is 72.3 Å². The number of carbonyl (C=O) groups is 2. The Labute approximate surface area is 227 Å². The number of anilines is 1. The molecule has 0 saturated heterocycles. The van der Waals surface area contributed by atoms with Crippen molar-refractivity contribution in [2.45, 2.75) is 25.9 Å². The van der Waals surface area contributed by atoms with E-state index in [1.807, 2.05) is 79.7 Å². The number of nitrogens with one attached hydrogen (secondary N) is 1. The van der Waals surface area contributed by atoms with Gasteiger partial charge in [0.15, 0.2) is 11.5 Å². The number of benzene rings is 4. The Kier molecular flexibility index (Phi) is 7.78. The van der Waals surface area contributed by atoms with Crippen LogP contribution in [0.25, 0.3) is 0 Å². The number of rotatable bonds is 9. The van der Waals surface area contributed by atoms with Crippen molar-refractivity contribution in [1.29, 1.82) is 0 Å². The number of nitrogens with zero attached hydrogens (tertiary/aromatic N) is 1. The van der Waals surface area contributed by atoms with Gasteiger partial charge in [0.05, 0.1) is 13.5 Å². The number of hydrogen-bond acceptors (Lipinski definition) is 5. The largest absolute Gasteiger partial charge is 0.497 e. The quantitative estimate of drug-likeness (QED) is 0.306. The van der Waals surface area contributed by atoms with Gasteiger partial charge in [0.1, 0.15) is 11.8 Å². The van der Waals surface area contributed by atoms with Crippen LogP contribution in [-0.2, 0) is 22.6 Å². The van der Waals surface area contributed by atoms with Crippen LogP contribution in [0.1, 0.15) is 28.3 Å². The average molecular weight is 523 g/mol. The molecule has 198 valence electrons. The highest BCUT2D eigenvalue weighted by Gasteiger charge is 2.32. The second-order valence-corrected chi connectivity index (χ2v) is 9.41. The Morgan fingerprint density at radius 2 is 1.64 bits per heavy atom. The van der Waals surface area contributed by atoms with E-state index in [-0.39, 0.29) is 31.6 Å². The van der Waals surface area contributed by atoms with Crippen LogP contribution in [0.15, 0.2) is 97.1 Å². The number of ether oxygens (including phenoxy) is 3. The van der Waals surface area contributed by atoms with E-state index in [2.05, 4.69) is 5.32 Å². The summed E-state index contributed by atoms with van der Waals surface area (Å²) in [6.07, 6.45) is 0.157. The third-order valence-electron chi connectivity index (χ3n) is 6.60. The van der Waals surface area contributed by atoms with Crippen LogP contribution in [0.2, 0.25) is 0 Å². The molecule has 39 heavy (non-hydrogen) atoms. The second kappa shape index (κ2) is 11.7. The van der Waals surface area contributed by atoms with E-state index in [0.29, 0.717) is 28.5 Å². The van der Waals surface area contributed by atoms with Gasteiger partial charge in [-0.2, -0.15) is 0 Å². The standard InChI is InChI=1S/C32H30N2O5/c1-22-11-13-24(14-12-22)20-34(30(35)17-23-7-4-3-5-8-23)31(25-9-6-10-27(18-25)37-2)32(36)33-26-15-16-28-29(19-26)39-21-38-28/h3-16,18-19,31H,17,20-21H2,1-2H3,(H,33,36). The van der Waals surface area contributed by atoms with Crippen LogP contribution in [0, 0.1) is 6.92 Å². The van der Waals surface area contributed by atoms with Crippen molar-refractivity contribution in [3.8, 4) is 17.2 Å². The highest BCUT2D eigenvalue weighted by Crippen LogP contribution is 2.35. The number of amides is 2. The van der Waals surface area contributed by atoms with Crippen molar-refractivity contribution in [3.63, 3.8) is 0 Å². The lowest BCUT2D eigenvalue weighted by molar-refractivity contribution is -0.139. The van der Waals surface area contributed by atoms with E-state index in [4.69, 9.17) is 14.2 Å². The molecular formula is C32H30N2O5. The molecule has 2 amide bonds. The Bertz CT molecular complexity index is 1450. The molecular weight excluding hydrogens is 492 g/mol. The summed E-state index contributed by atoms with van der Waals surface area (Å²) in [6.45, 7) is 2.40. The summed E-state index contributed by atoms with van der Waals surface area (Å²) in [5.41, 5.74) is 4.10. The van der Waals surface area contributed by atoms with Gasteiger partial charge in [-0.05, 0) is 47.9 Å². The molecule has 0 spiro atoms. The van der Waals surface area contributed by atoms with Gasteiger partial charge in [0, 0.05) is 18.3 Å². The van der Waals surface area contributed by atoms with Crippen LogP contribution >= 0.6 is 0 Å². The van der Waals surface area contributed by atoms with E-state index in [9.17, 15) is 9.59 Å². The summed E-state index contributed by atoms with van der Waals surface area (Å²) in [7, 11) is 1.57. The van der Waals surface area contributed by atoms with Gasteiger partial charge in [-0.15, -0.1) is 0 Å². The van der Waals surface area contributed by atoms with E-state index < -0.39 is 6.04 Å². The first-order valence-electron chi connectivity index (χ1n) is 12.7. The van der Waals surface area contributed by atoms with Gasteiger partial charge in [-0.25, -0.2) is 0 Å². The molecule has 7 heteroatoms. The number of aryl methyl sites for hydroxylation is 1. The zero-order valence-corrected chi connectivity index (χ0v) is 21.9. The minimum Gasteiger partial charge on any atom is -0.497 e. The minimum absolute atomic E-state index is 0.136. The Morgan fingerprint density at radius 1 is 0.872 bits per heavy atom. The SMILES string of the molecule is COc1cccc(C(C(=O)Nc2ccc3c(c2)OCO3)N(Cc2ccc(C)cc2)C(=O)Cc2ccccc2)c1. The van der Waals surface area contributed by atoms with Crippen LogP contribution in [0.5, 0.6) is 17.2 Å². The lowest BCUT2D eigenvalue weighted by Gasteiger charge is -2.32. The molecule has 4 aromatic rings. The van der Waals surface area contributed by atoms with Gasteiger partial charge >= 0.3 is 0 Å². The van der Waals surface area contributed by atoms with Gasteiger partial charge in [0.25, 0.3) is 5.91 Å². The summed E-state index contributed by atoms with van der Waals surface area (Å²) in [5.74, 6) is 1.25. The normalized spacial score (nSPS) is 12.5. The molecule has 1 aliphatic heterocycles. The third kappa shape index (κ3) is 6.21. The topological polar surface area (TPSA) is 77.1 Å². The third-order valence-corrected chi connectivity index (χ3v) is 6.60. The van der Waals surface area contributed by atoms with Crippen molar-refractivity contribution < 1.29 is 23.8 Å². The van der Waals surface area contributed by atoms with Crippen LogP contribution < -0.4 is 19.5 Å². The average Bonchev–Trinajstić information content (AvgIpc) is 3.42. The number of fused-ring (bicyclic) bond motifs is 1.